The molecule has 2 rings (SSSR count). The normalized spacial score (nSPS) is 18.8. The van der Waals surface area contributed by atoms with Gasteiger partial charge in [-0.1, -0.05) is 0 Å². The minimum absolute atomic E-state index is 0. The minimum Gasteiger partial charge on any atom is -0.339 e. The van der Waals surface area contributed by atoms with Crippen LogP contribution in [0.3, 0.4) is 0 Å². The highest BCUT2D eigenvalue weighted by Crippen LogP contribution is 2.18. The topological polar surface area (TPSA) is 32.3 Å². The molecule has 1 fully saturated rings. The Morgan fingerprint density at radius 3 is 2.94 bits per heavy atom. The van der Waals surface area contributed by atoms with Crippen LogP contribution in [0.4, 0.5) is 0 Å². The molecular weight excluding hydrogens is 256 g/mol. The van der Waals surface area contributed by atoms with Crippen molar-refractivity contribution in [3.8, 4) is 0 Å². The van der Waals surface area contributed by atoms with Crippen LogP contribution in [0.25, 0.3) is 0 Å². The molecule has 1 aromatic rings. The average Bonchev–Trinajstić information content (AvgIpc) is 2.89. The first-order valence-electron chi connectivity index (χ1n) is 5.70. The predicted octanol–water partition coefficient (Wildman–Crippen LogP) is 2.19. The lowest BCUT2D eigenvalue weighted by Gasteiger charge is -2.20. The Morgan fingerprint density at radius 2 is 2.41 bits per heavy atom. The lowest BCUT2D eigenvalue weighted by atomic mass is 10.2. The van der Waals surface area contributed by atoms with E-state index in [-0.39, 0.29) is 24.4 Å². The van der Waals surface area contributed by atoms with Gasteiger partial charge in [0.2, 0.25) is 5.91 Å². The summed E-state index contributed by atoms with van der Waals surface area (Å²) in [5, 5.41) is 5.32. The van der Waals surface area contributed by atoms with Gasteiger partial charge < -0.3 is 10.2 Å². The number of likely N-dealkylation sites (N-methyl/N-ethyl adjacent to an activating group) is 1. The molecule has 3 nitrogen and oxygen atoms in total. The molecule has 0 radical (unpaired) electrons. The number of amides is 1. The van der Waals surface area contributed by atoms with E-state index < -0.39 is 0 Å². The molecule has 2 heterocycles. The SMILES string of the molecule is Cc1ccsc1CN(C)C(=O)C1CCCN1.Cl. The molecule has 1 aromatic heterocycles. The Morgan fingerprint density at radius 1 is 1.65 bits per heavy atom. The number of carbonyl (C=O) groups is 1. The molecule has 1 atom stereocenters. The Hall–Kier alpha value is -0.580. The summed E-state index contributed by atoms with van der Waals surface area (Å²) in [6, 6.07) is 2.15. The van der Waals surface area contributed by atoms with Crippen molar-refractivity contribution in [2.24, 2.45) is 0 Å². The Kier molecular flexibility index (Phi) is 5.43. The third kappa shape index (κ3) is 3.44. The second kappa shape index (κ2) is 6.38. The van der Waals surface area contributed by atoms with Crippen LogP contribution in [0, 0.1) is 6.92 Å². The highest BCUT2D eigenvalue weighted by atomic mass is 35.5. The van der Waals surface area contributed by atoms with Gasteiger partial charge in [0.15, 0.2) is 0 Å². The number of nitrogens with zero attached hydrogens (tertiary/aromatic N) is 1. The molecule has 0 saturated carbocycles. The molecule has 0 aromatic carbocycles. The Bertz CT molecular complexity index is 374. The van der Waals surface area contributed by atoms with Crippen LogP contribution in [0.5, 0.6) is 0 Å². The standard InChI is InChI=1S/C12H18N2OS.ClH/c1-9-5-7-16-11(9)8-14(2)12(15)10-4-3-6-13-10;/h5,7,10,13H,3-4,6,8H2,1-2H3;1H. The Labute approximate surface area is 113 Å². The van der Waals surface area contributed by atoms with Gasteiger partial charge in [-0.2, -0.15) is 0 Å². The number of halogens is 1. The van der Waals surface area contributed by atoms with E-state index in [0.717, 1.165) is 25.9 Å². The fraction of sp³-hybridized carbons (Fsp3) is 0.583. The maximum absolute atomic E-state index is 12.1. The molecular formula is C12H19ClN2OS. The zero-order valence-corrected chi connectivity index (χ0v) is 11.9. The molecule has 0 bridgehead atoms. The summed E-state index contributed by atoms with van der Waals surface area (Å²) in [4.78, 5) is 15.2. The van der Waals surface area contributed by atoms with Gasteiger partial charge >= 0.3 is 0 Å². The second-order valence-corrected chi connectivity index (χ2v) is 5.37. The van der Waals surface area contributed by atoms with Gasteiger partial charge in [-0.25, -0.2) is 0 Å². The van der Waals surface area contributed by atoms with Crippen molar-refractivity contribution in [3.05, 3.63) is 21.9 Å². The molecule has 1 N–H and O–H groups in total. The Balaban J connectivity index is 0.00000144. The van der Waals surface area contributed by atoms with Crippen LogP contribution >= 0.6 is 23.7 Å². The molecule has 17 heavy (non-hydrogen) atoms. The average molecular weight is 275 g/mol. The van der Waals surface area contributed by atoms with E-state index in [1.54, 1.807) is 11.3 Å². The van der Waals surface area contributed by atoms with E-state index in [1.807, 2.05) is 11.9 Å². The predicted molar refractivity (Wildman–Crippen MR) is 73.8 cm³/mol. The van der Waals surface area contributed by atoms with E-state index in [4.69, 9.17) is 0 Å². The van der Waals surface area contributed by atoms with Gasteiger partial charge in [0.1, 0.15) is 0 Å². The fourth-order valence-corrected chi connectivity index (χ4v) is 2.98. The van der Waals surface area contributed by atoms with Crippen molar-refractivity contribution < 1.29 is 4.79 Å². The molecule has 1 amide bonds. The van der Waals surface area contributed by atoms with E-state index in [0.29, 0.717) is 0 Å². The van der Waals surface area contributed by atoms with Crippen LogP contribution in [-0.2, 0) is 11.3 Å². The van der Waals surface area contributed by atoms with Crippen LogP contribution in [0.2, 0.25) is 0 Å². The molecule has 1 unspecified atom stereocenters. The van der Waals surface area contributed by atoms with Gasteiger partial charge in [0, 0.05) is 11.9 Å². The number of carbonyl (C=O) groups excluding carboxylic acids is 1. The summed E-state index contributed by atoms with van der Waals surface area (Å²) in [5.41, 5.74) is 1.28. The molecule has 0 spiro atoms. The number of nitrogens with one attached hydrogen (secondary N) is 1. The molecule has 1 aliphatic rings. The van der Waals surface area contributed by atoms with Gasteiger partial charge in [-0.05, 0) is 43.3 Å². The third-order valence-corrected chi connectivity index (χ3v) is 4.09. The van der Waals surface area contributed by atoms with E-state index in [1.165, 1.54) is 10.4 Å². The van der Waals surface area contributed by atoms with Crippen LogP contribution < -0.4 is 5.32 Å². The van der Waals surface area contributed by atoms with Crippen LogP contribution in [-0.4, -0.2) is 30.4 Å². The van der Waals surface area contributed by atoms with Crippen molar-refractivity contribution in [1.29, 1.82) is 0 Å². The first-order valence-corrected chi connectivity index (χ1v) is 6.58. The lowest BCUT2D eigenvalue weighted by molar-refractivity contribution is -0.132. The van der Waals surface area contributed by atoms with Crippen LogP contribution in [0.1, 0.15) is 23.3 Å². The zero-order valence-electron chi connectivity index (χ0n) is 10.2. The summed E-state index contributed by atoms with van der Waals surface area (Å²) >= 11 is 1.72. The molecule has 1 aliphatic heterocycles. The summed E-state index contributed by atoms with van der Waals surface area (Å²) in [7, 11) is 1.89. The summed E-state index contributed by atoms with van der Waals surface area (Å²) in [6.45, 7) is 3.81. The molecule has 5 heteroatoms. The third-order valence-electron chi connectivity index (χ3n) is 3.08. The van der Waals surface area contributed by atoms with Crippen molar-refractivity contribution in [2.75, 3.05) is 13.6 Å². The first-order chi connectivity index (χ1) is 7.68. The summed E-state index contributed by atoms with van der Waals surface area (Å²) in [5.74, 6) is 0.227. The number of thiophene rings is 1. The largest absolute Gasteiger partial charge is 0.339 e. The van der Waals surface area contributed by atoms with E-state index in [9.17, 15) is 4.79 Å². The monoisotopic (exact) mass is 274 g/mol. The van der Waals surface area contributed by atoms with Crippen molar-refractivity contribution in [2.45, 2.75) is 32.4 Å². The second-order valence-electron chi connectivity index (χ2n) is 4.37. The minimum atomic E-state index is 0. The number of hydrogen-bond donors (Lipinski definition) is 1. The highest BCUT2D eigenvalue weighted by Gasteiger charge is 2.25. The number of hydrogen-bond acceptors (Lipinski definition) is 3. The maximum atomic E-state index is 12.1. The van der Waals surface area contributed by atoms with Crippen molar-refractivity contribution >= 4 is 29.7 Å². The first kappa shape index (κ1) is 14.5. The van der Waals surface area contributed by atoms with Gasteiger partial charge in [0.05, 0.1) is 12.6 Å². The molecule has 96 valence electrons. The maximum Gasteiger partial charge on any atom is 0.239 e. The number of aryl methyl sites for hydroxylation is 1. The van der Waals surface area contributed by atoms with Crippen molar-refractivity contribution in [1.82, 2.24) is 10.2 Å². The number of rotatable bonds is 3. The fourth-order valence-electron chi connectivity index (χ4n) is 2.02. The molecule has 0 aliphatic carbocycles. The smallest absolute Gasteiger partial charge is 0.239 e. The van der Waals surface area contributed by atoms with E-state index in [2.05, 4.69) is 23.7 Å². The van der Waals surface area contributed by atoms with Gasteiger partial charge in [0.25, 0.3) is 0 Å². The summed E-state index contributed by atoms with van der Waals surface area (Å²) in [6.07, 6.45) is 2.09. The van der Waals surface area contributed by atoms with Crippen LogP contribution in [0.15, 0.2) is 11.4 Å². The zero-order chi connectivity index (χ0) is 11.5. The molecule has 1 saturated heterocycles. The van der Waals surface area contributed by atoms with Gasteiger partial charge in [-0.3, -0.25) is 4.79 Å². The highest BCUT2D eigenvalue weighted by molar-refractivity contribution is 7.10. The lowest BCUT2D eigenvalue weighted by Crippen LogP contribution is -2.41. The van der Waals surface area contributed by atoms with E-state index >= 15 is 0 Å². The summed E-state index contributed by atoms with van der Waals surface area (Å²) < 4.78 is 0. The quantitative estimate of drug-likeness (QED) is 0.916. The van der Waals surface area contributed by atoms with Crippen molar-refractivity contribution in [3.63, 3.8) is 0 Å². The van der Waals surface area contributed by atoms with Gasteiger partial charge in [-0.15, -0.1) is 23.7 Å².